The van der Waals surface area contributed by atoms with Crippen LogP contribution >= 0.6 is 23.2 Å². The van der Waals surface area contributed by atoms with Crippen molar-refractivity contribution in [3.05, 3.63) is 93.5 Å². The van der Waals surface area contributed by atoms with Gasteiger partial charge in [-0.2, -0.15) is 5.10 Å². The molecule has 0 unspecified atom stereocenters. The lowest BCUT2D eigenvalue weighted by atomic mass is 10.2. The molecule has 0 radical (unpaired) electrons. The van der Waals surface area contributed by atoms with Gasteiger partial charge in [-0.1, -0.05) is 53.5 Å². The van der Waals surface area contributed by atoms with Gasteiger partial charge in [-0.25, -0.2) is 0 Å². The predicted octanol–water partition coefficient (Wildman–Crippen LogP) is 6.33. The lowest BCUT2D eigenvalue weighted by molar-refractivity contribution is 0.306. The molecule has 0 atom stereocenters. The lowest BCUT2D eigenvalue weighted by Crippen LogP contribution is -1.99. The van der Waals surface area contributed by atoms with Gasteiger partial charge >= 0.3 is 0 Å². The van der Waals surface area contributed by atoms with Crippen LogP contribution in [0.5, 0.6) is 5.75 Å². The number of hydrazone groups is 1. The molecule has 26 heavy (non-hydrogen) atoms. The summed E-state index contributed by atoms with van der Waals surface area (Å²) >= 11 is 12.0. The van der Waals surface area contributed by atoms with E-state index in [1.165, 1.54) is 0 Å². The second-order valence-electron chi connectivity index (χ2n) is 5.79. The molecule has 0 spiro atoms. The second kappa shape index (κ2) is 8.75. The Balaban J connectivity index is 1.66. The molecule has 3 rings (SSSR count). The van der Waals surface area contributed by atoms with Crippen LogP contribution in [0.3, 0.4) is 0 Å². The first-order valence-electron chi connectivity index (χ1n) is 8.13. The van der Waals surface area contributed by atoms with Crippen molar-refractivity contribution in [2.24, 2.45) is 5.10 Å². The minimum Gasteiger partial charge on any atom is -0.488 e. The Labute approximate surface area is 163 Å². The molecular formula is C21H18Cl2N2O. The average Bonchev–Trinajstić information content (AvgIpc) is 2.65. The van der Waals surface area contributed by atoms with Crippen LogP contribution in [0.4, 0.5) is 5.69 Å². The smallest absolute Gasteiger partial charge is 0.128 e. The summed E-state index contributed by atoms with van der Waals surface area (Å²) in [6.45, 7) is 2.42. The first-order valence-corrected chi connectivity index (χ1v) is 8.89. The molecule has 1 N–H and O–H groups in total. The molecule has 132 valence electrons. The molecule has 3 nitrogen and oxygen atoms in total. The fourth-order valence-electron chi connectivity index (χ4n) is 2.30. The zero-order valence-electron chi connectivity index (χ0n) is 14.2. The number of nitrogens with zero attached hydrogens (tertiary/aromatic N) is 1. The first kappa shape index (κ1) is 18.3. The van der Waals surface area contributed by atoms with Crippen molar-refractivity contribution in [1.82, 2.24) is 0 Å². The van der Waals surface area contributed by atoms with Gasteiger partial charge in [0, 0.05) is 15.6 Å². The van der Waals surface area contributed by atoms with E-state index in [4.69, 9.17) is 27.9 Å². The van der Waals surface area contributed by atoms with Crippen LogP contribution in [0, 0.1) is 6.92 Å². The Morgan fingerprint density at radius 3 is 2.54 bits per heavy atom. The first-order chi connectivity index (χ1) is 12.6. The molecule has 3 aromatic rings. The monoisotopic (exact) mass is 384 g/mol. The zero-order chi connectivity index (χ0) is 18.4. The third-order valence-corrected chi connectivity index (χ3v) is 4.45. The molecule has 0 fully saturated rings. The molecular weight excluding hydrogens is 367 g/mol. The molecule has 0 aliphatic rings. The number of anilines is 1. The van der Waals surface area contributed by atoms with Gasteiger partial charge in [0.2, 0.25) is 0 Å². The third kappa shape index (κ3) is 5.01. The fourth-order valence-corrected chi connectivity index (χ4v) is 2.61. The van der Waals surface area contributed by atoms with Crippen molar-refractivity contribution < 1.29 is 4.74 Å². The van der Waals surface area contributed by atoms with E-state index in [9.17, 15) is 0 Å². The molecule has 0 saturated carbocycles. The number of nitrogens with one attached hydrogen (secondary N) is 1. The van der Waals surface area contributed by atoms with E-state index in [0.717, 1.165) is 28.1 Å². The van der Waals surface area contributed by atoms with Crippen molar-refractivity contribution in [3.8, 4) is 5.75 Å². The number of ether oxygens (including phenoxy) is 1. The molecule has 0 aliphatic carbocycles. The number of aryl methyl sites for hydroxylation is 1. The minimum atomic E-state index is 0.461. The Morgan fingerprint density at radius 1 is 1.00 bits per heavy atom. The van der Waals surface area contributed by atoms with E-state index in [0.29, 0.717) is 16.7 Å². The number of benzene rings is 3. The number of rotatable bonds is 6. The molecule has 0 aromatic heterocycles. The van der Waals surface area contributed by atoms with Gasteiger partial charge in [0.25, 0.3) is 0 Å². The van der Waals surface area contributed by atoms with Crippen molar-refractivity contribution in [1.29, 1.82) is 0 Å². The highest BCUT2D eigenvalue weighted by molar-refractivity contribution is 6.31. The number of halogens is 2. The summed E-state index contributed by atoms with van der Waals surface area (Å²) in [4.78, 5) is 0. The number of para-hydroxylation sites is 1. The lowest BCUT2D eigenvalue weighted by Gasteiger charge is -2.09. The maximum atomic E-state index is 6.12. The molecule has 0 amide bonds. The topological polar surface area (TPSA) is 33.6 Å². The minimum absolute atomic E-state index is 0.461. The quantitative estimate of drug-likeness (QED) is 0.398. The van der Waals surface area contributed by atoms with E-state index in [1.54, 1.807) is 6.21 Å². The SMILES string of the molecule is Cc1ccc(NN=Cc2ccccc2OCc2ccc(Cl)cc2)cc1Cl. The van der Waals surface area contributed by atoms with E-state index >= 15 is 0 Å². The van der Waals surface area contributed by atoms with Crippen LogP contribution in [0.1, 0.15) is 16.7 Å². The molecule has 0 heterocycles. The van der Waals surface area contributed by atoms with Crippen molar-refractivity contribution in [2.45, 2.75) is 13.5 Å². The highest BCUT2D eigenvalue weighted by Crippen LogP contribution is 2.21. The third-order valence-electron chi connectivity index (χ3n) is 3.80. The van der Waals surface area contributed by atoms with E-state index in [1.807, 2.05) is 73.7 Å². The van der Waals surface area contributed by atoms with Crippen LogP contribution in [0.15, 0.2) is 71.8 Å². The molecule has 0 saturated heterocycles. The van der Waals surface area contributed by atoms with Crippen LogP contribution < -0.4 is 10.2 Å². The van der Waals surface area contributed by atoms with Gasteiger partial charge in [-0.3, -0.25) is 5.43 Å². The maximum Gasteiger partial charge on any atom is 0.128 e. The van der Waals surface area contributed by atoms with E-state index < -0.39 is 0 Å². The standard InChI is InChI=1S/C21H18Cl2N2O/c1-15-6-11-19(12-20(15)23)25-24-13-17-4-2-3-5-21(17)26-14-16-7-9-18(22)10-8-16/h2-13,25H,14H2,1H3. The van der Waals surface area contributed by atoms with Crippen LogP contribution in [-0.4, -0.2) is 6.21 Å². The predicted molar refractivity (Wildman–Crippen MR) is 110 cm³/mol. The summed E-state index contributed by atoms with van der Waals surface area (Å²) in [5.41, 5.74) is 6.77. The highest BCUT2D eigenvalue weighted by atomic mass is 35.5. The molecule has 0 aliphatic heterocycles. The van der Waals surface area contributed by atoms with Gasteiger partial charge in [0.15, 0.2) is 0 Å². The summed E-state index contributed by atoms with van der Waals surface area (Å²) in [6.07, 6.45) is 1.73. The zero-order valence-corrected chi connectivity index (χ0v) is 15.8. The fraction of sp³-hybridized carbons (Fsp3) is 0.0952. The Morgan fingerprint density at radius 2 is 1.77 bits per heavy atom. The summed E-state index contributed by atoms with van der Waals surface area (Å²) in [5, 5.41) is 5.70. The average molecular weight is 385 g/mol. The number of hydrogen-bond donors (Lipinski definition) is 1. The van der Waals surface area contributed by atoms with Crippen molar-refractivity contribution >= 4 is 35.1 Å². The van der Waals surface area contributed by atoms with Crippen LogP contribution in [0.25, 0.3) is 0 Å². The molecule has 5 heteroatoms. The van der Waals surface area contributed by atoms with Crippen molar-refractivity contribution in [3.63, 3.8) is 0 Å². The number of hydrogen-bond acceptors (Lipinski definition) is 3. The van der Waals surface area contributed by atoms with Crippen LogP contribution in [-0.2, 0) is 6.61 Å². The largest absolute Gasteiger partial charge is 0.488 e. The highest BCUT2D eigenvalue weighted by Gasteiger charge is 2.02. The van der Waals surface area contributed by atoms with Gasteiger partial charge in [-0.05, 0) is 54.4 Å². The van der Waals surface area contributed by atoms with Gasteiger partial charge in [0.05, 0.1) is 11.9 Å². The Bertz CT molecular complexity index is 908. The van der Waals surface area contributed by atoms with E-state index in [-0.39, 0.29) is 0 Å². The van der Waals surface area contributed by atoms with Crippen molar-refractivity contribution in [2.75, 3.05) is 5.43 Å². The summed E-state index contributed by atoms with van der Waals surface area (Å²) < 4.78 is 5.92. The molecule has 3 aromatic carbocycles. The normalized spacial score (nSPS) is 10.9. The Kier molecular flexibility index (Phi) is 6.16. The van der Waals surface area contributed by atoms with Gasteiger partial charge in [-0.15, -0.1) is 0 Å². The Hall–Kier alpha value is -2.49. The van der Waals surface area contributed by atoms with Gasteiger partial charge in [0.1, 0.15) is 12.4 Å². The maximum absolute atomic E-state index is 6.12. The second-order valence-corrected chi connectivity index (χ2v) is 6.63. The van der Waals surface area contributed by atoms with E-state index in [2.05, 4.69) is 10.5 Å². The van der Waals surface area contributed by atoms with Crippen LogP contribution in [0.2, 0.25) is 10.0 Å². The van der Waals surface area contributed by atoms with Gasteiger partial charge < -0.3 is 4.74 Å². The summed E-state index contributed by atoms with van der Waals surface area (Å²) in [7, 11) is 0. The summed E-state index contributed by atoms with van der Waals surface area (Å²) in [6, 6.07) is 21.1. The summed E-state index contributed by atoms with van der Waals surface area (Å²) in [5.74, 6) is 0.759. The molecule has 0 bridgehead atoms.